The predicted octanol–water partition coefficient (Wildman–Crippen LogP) is 10.1. The third-order valence-electron chi connectivity index (χ3n) is 10.2. The van der Waals surface area contributed by atoms with Crippen molar-refractivity contribution in [2.75, 3.05) is 4.90 Å². The summed E-state index contributed by atoms with van der Waals surface area (Å²) in [7, 11) is 0. The fraction of sp³-hybridized carbons (Fsp3) is 0. The van der Waals surface area contributed by atoms with Crippen LogP contribution in [-0.4, -0.2) is 16.4 Å². The molecule has 1 aliphatic heterocycles. The summed E-state index contributed by atoms with van der Waals surface area (Å²) in [5.41, 5.74) is 8.82. The average Bonchev–Trinajstić information content (AvgIpc) is 3.74. The van der Waals surface area contributed by atoms with Gasteiger partial charge in [-0.15, -0.1) is 0 Å². The minimum absolute atomic E-state index is 0.246. The molecule has 1 aromatic heterocycles. The van der Waals surface area contributed by atoms with Gasteiger partial charge in [0, 0.05) is 10.8 Å². The molecular formula is C48H24N6O2. The highest BCUT2D eigenvalue weighted by Crippen LogP contribution is 2.45. The number of carbonyl (C=O) groups excluding carboxylic acids is 2. The van der Waals surface area contributed by atoms with Gasteiger partial charge in [-0.2, -0.15) is 21.0 Å². The molecule has 9 rings (SSSR count). The molecule has 0 atom stereocenters. The molecule has 0 spiro atoms. The van der Waals surface area contributed by atoms with Crippen molar-refractivity contribution in [3.8, 4) is 63.3 Å². The molecule has 0 saturated carbocycles. The molecular weight excluding hydrogens is 693 g/mol. The Balaban J connectivity index is 1.31. The maximum Gasteiger partial charge on any atom is 0.268 e. The van der Waals surface area contributed by atoms with Crippen molar-refractivity contribution in [3.05, 3.63) is 179 Å². The van der Waals surface area contributed by atoms with Crippen molar-refractivity contribution >= 4 is 39.3 Å². The van der Waals surface area contributed by atoms with Crippen molar-refractivity contribution in [2.45, 2.75) is 0 Å². The minimum atomic E-state index is -0.462. The lowest BCUT2D eigenvalue weighted by Crippen LogP contribution is -2.29. The van der Waals surface area contributed by atoms with E-state index in [1.165, 1.54) is 17.0 Å². The standard InChI is InChI=1S/C48H24N6O2/c49-25-29-19-30(26-50)22-35(21-29)38-9-4-12-41-44(38)45-39(36-23-31(27-51)20-32(24-36)28-52)10-5-13-42(45)54(41)43-14-6-11-40-46(43)48(56)53(47(40)55)37-17-15-34(16-18-37)33-7-2-1-3-8-33/h1-24H. The number of fused-ring (bicyclic) bond motifs is 4. The van der Waals surface area contributed by atoms with Crippen LogP contribution in [0.3, 0.4) is 0 Å². The third kappa shape index (κ3) is 5.19. The van der Waals surface area contributed by atoms with E-state index in [0.717, 1.165) is 33.0 Å². The van der Waals surface area contributed by atoms with Crippen LogP contribution in [0.4, 0.5) is 5.69 Å². The fourth-order valence-corrected chi connectivity index (χ4v) is 7.80. The zero-order valence-electron chi connectivity index (χ0n) is 29.4. The lowest BCUT2D eigenvalue weighted by atomic mass is 9.92. The highest BCUT2D eigenvalue weighted by molar-refractivity contribution is 6.36. The van der Waals surface area contributed by atoms with Crippen LogP contribution >= 0.6 is 0 Å². The molecule has 7 aromatic carbocycles. The van der Waals surface area contributed by atoms with Crippen molar-refractivity contribution in [3.63, 3.8) is 0 Å². The molecule has 8 nitrogen and oxygen atoms in total. The van der Waals surface area contributed by atoms with E-state index in [1.54, 1.807) is 48.5 Å². The quantitative estimate of drug-likeness (QED) is 0.163. The molecule has 56 heavy (non-hydrogen) atoms. The maximum absolute atomic E-state index is 14.6. The molecule has 2 heterocycles. The SMILES string of the molecule is N#Cc1cc(C#N)cc(-c2cccc3c2c2c(-c4cc(C#N)cc(C#N)c4)cccc2n3-c2cccc3c2C(=O)N(c2ccc(-c4ccccc4)cc2)C3=O)c1. The number of rotatable bonds is 5. The van der Waals surface area contributed by atoms with Gasteiger partial charge in [0.25, 0.3) is 11.8 Å². The first-order valence-electron chi connectivity index (χ1n) is 17.6. The Morgan fingerprint density at radius 3 is 1.38 bits per heavy atom. The summed E-state index contributed by atoms with van der Waals surface area (Å²) in [6.07, 6.45) is 0. The van der Waals surface area contributed by atoms with Crippen LogP contribution in [0.1, 0.15) is 43.0 Å². The number of nitrogens with zero attached hydrogens (tertiary/aromatic N) is 6. The van der Waals surface area contributed by atoms with E-state index in [0.29, 0.717) is 55.8 Å². The smallest absolute Gasteiger partial charge is 0.268 e. The number of nitriles is 4. The fourth-order valence-electron chi connectivity index (χ4n) is 7.80. The molecule has 8 heteroatoms. The number of imide groups is 1. The van der Waals surface area contributed by atoms with Gasteiger partial charge in [0.05, 0.1) is 80.1 Å². The number of benzene rings is 7. The molecule has 0 saturated heterocycles. The van der Waals surface area contributed by atoms with Gasteiger partial charge in [-0.05, 0) is 106 Å². The second kappa shape index (κ2) is 13.1. The maximum atomic E-state index is 14.6. The van der Waals surface area contributed by atoms with Crippen LogP contribution in [0.25, 0.3) is 60.9 Å². The van der Waals surface area contributed by atoms with Crippen LogP contribution in [0.5, 0.6) is 0 Å². The number of anilines is 1. The molecule has 8 aromatic rings. The monoisotopic (exact) mass is 716 g/mol. The largest absolute Gasteiger partial charge is 0.308 e. The van der Waals surface area contributed by atoms with Gasteiger partial charge >= 0.3 is 0 Å². The predicted molar refractivity (Wildman–Crippen MR) is 214 cm³/mol. The Morgan fingerprint density at radius 2 is 0.875 bits per heavy atom. The molecule has 0 unspecified atom stereocenters. The first-order valence-corrected chi connectivity index (χ1v) is 17.6. The zero-order valence-corrected chi connectivity index (χ0v) is 29.4. The van der Waals surface area contributed by atoms with Crippen LogP contribution in [0.2, 0.25) is 0 Å². The van der Waals surface area contributed by atoms with Crippen LogP contribution in [-0.2, 0) is 0 Å². The molecule has 0 radical (unpaired) electrons. The summed E-state index contributed by atoms with van der Waals surface area (Å²) in [6, 6.07) is 52.5. The van der Waals surface area contributed by atoms with Gasteiger partial charge in [0.1, 0.15) is 0 Å². The number of aromatic nitrogens is 1. The summed E-state index contributed by atoms with van der Waals surface area (Å²) in [5, 5.41) is 41.0. The van der Waals surface area contributed by atoms with Gasteiger partial charge in [-0.1, -0.05) is 72.8 Å². The van der Waals surface area contributed by atoms with E-state index in [4.69, 9.17) is 0 Å². The number of carbonyl (C=O) groups is 2. The zero-order chi connectivity index (χ0) is 38.5. The molecule has 0 bridgehead atoms. The Morgan fingerprint density at radius 1 is 0.411 bits per heavy atom. The highest BCUT2D eigenvalue weighted by atomic mass is 16.2. The summed E-state index contributed by atoms with van der Waals surface area (Å²) in [5.74, 6) is -0.896. The molecule has 258 valence electrons. The summed E-state index contributed by atoms with van der Waals surface area (Å²) in [4.78, 5) is 29.9. The highest BCUT2D eigenvalue weighted by Gasteiger charge is 2.39. The molecule has 2 amide bonds. The van der Waals surface area contributed by atoms with Crippen molar-refractivity contribution in [1.29, 1.82) is 21.0 Å². The van der Waals surface area contributed by atoms with E-state index in [-0.39, 0.29) is 11.1 Å². The van der Waals surface area contributed by atoms with Crippen molar-refractivity contribution < 1.29 is 9.59 Å². The Kier molecular flexibility index (Phi) is 7.81. The molecule has 0 fully saturated rings. The third-order valence-corrected chi connectivity index (χ3v) is 10.2. The lowest BCUT2D eigenvalue weighted by Gasteiger charge is -2.15. The minimum Gasteiger partial charge on any atom is -0.308 e. The topological polar surface area (TPSA) is 137 Å². The van der Waals surface area contributed by atoms with Gasteiger partial charge < -0.3 is 4.57 Å². The summed E-state index contributed by atoms with van der Waals surface area (Å²) < 4.78 is 1.96. The van der Waals surface area contributed by atoms with Crippen LogP contribution in [0.15, 0.2) is 146 Å². The molecule has 0 aliphatic carbocycles. The van der Waals surface area contributed by atoms with E-state index in [9.17, 15) is 30.6 Å². The van der Waals surface area contributed by atoms with Gasteiger partial charge in [-0.25, -0.2) is 4.90 Å². The van der Waals surface area contributed by atoms with Crippen LogP contribution in [0, 0.1) is 45.3 Å². The summed E-state index contributed by atoms with van der Waals surface area (Å²) in [6.45, 7) is 0. The van der Waals surface area contributed by atoms with E-state index in [1.807, 2.05) is 89.5 Å². The van der Waals surface area contributed by atoms with Gasteiger partial charge in [0.2, 0.25) is 0 Å². The first kappa shape index (κ1) is 33.3. The Labute approximate surface area is 320 Å². The molecule has 0 N–H and O–H groups in total. The van der Waals surface area contributed by atoms with Gasteiger partial charge in [0.15, 0.2) is 0 Å². The second-order valence-corrected chi connectivity index (χ2v) is 13.3. The van der Waals surface area contributed by atoms with Gasteiger partial charge in [-0.3, -0.25) is 9.59 Å². The number of hydrogen-bond donors (Lipinski definition) is 0. The lowest BCUT2D eigenvalue weighted by molar-refractivity contribution is 0.0926. The average molecular weight is 717 g/mol. The van der Waals surface area contributed by atoms with Crippen molar-refractivity contribution in [1.82, 2.24) is 4.57 Å². The first-order chi connectivity index (χ1) is 27.4. The van der Waals surface area contributed by atoms with E-state index in [2.05, 4.69) is 24.3 Å². The Bertz CT molecular complexity index is 2970. The normalized spacial score (nSPS) is 11.9. The van der Waals surface area contributed by atoms with E-state index >= 15 is 0 Å². The number of amides is 2. The van der Waals surface area contributed by atoms with Crippen LogP contribution < -0.4 is 4.90 Å². The second-order valence-electron chi connectivity index (χ2n) is 13.3. The Hall–Kier alpha value is -8.56. The summed E-state index contributed by atoms with van der Waals surface area (Å²) >= 11 is 0. The number of hydrogen-bond acceptors (Lipinski definition) is 6. The van der Waals surface area contributed by atoms with Crippen molar-refractivity contribution in [2.24, 2.45) is 0 Å². The molecule has 1 aliphatic rings. The van der Waals surface area contributed by atoms with E-state index < -0.39 is 11.8 Å².